The summed E-state index contributed by atoms with van der Waals surface area (Å²) < 4.78 is 9.26. The zero-order valence-electron chi connectivity index (χ0n) is 18.1. The second-order valence-corrected chi connectivity index (χ2v) is 8.35. The van der Waals surface area contributed by atoms with E-state index in [2.05, 4.69) is 15.1 Å². The number of carbonyl (C=O) groups is 1. The average molecular weight is 443 g/mol. The van der Waals surface area contributed by atoms with E-state index < -0.39 is 0 Å². The number of halogens is 1. The smallest absolute Gasteiger partial charge is 0.274 e. The van der Waals surface area contributed by atoms with Gasteiger partial charge in [0.1, 0.15) is 5.75 Å². The van der Waals surface area contributed by atoms with E-state index >= 15 is 0 Å². The van der Waals surface area contributed by atoms with Gasteiger partial charge in [-0.3, -0.25) is 14.4 Å². The van der Waals surface area contributed by atoms with Crippen molar-refractivity contribution in [3.05, 3.63) is 64.2 Å². The van der Waals surface area contributed by atoms with E-state index in [-0.39, 0.29) is 12.6 Å². The number of ether oxygens (including phenoxy) is 1. The largest absolute Gasteiger partial charge is 0.471 e. The summed E-state index contributed by atoms with van der Waals surface area (Å²) in [5, 5.41) is 9.36. The molecule has 0 atom stereocenters. The third-order valence-electron chi connectivity index (χ3n) is 5.46. The second-order valence-electron chi connectivity index (χ2n) is 7.98. The Balaban J connectivity index is 1.29. The fraction of sp³-hybridized carbons (Fsp3) is 0.409. The molecule has 0 aliphatic carbocycles. The van der Waals surface area contributed by atoms with Crippen LogP contribution in [0.15, 0.2) is 36.8 Å². The van der Waals surface area contributed by atoms with Crippen molar-refractivity contribution in [1.29, 1.82) is 0 Å². The molecule has 0 radical (unpaired) electrons. The van der Waals surface area contributed by atoms with Gasteiger partial charge in [-0.05, 0) is 43.2 Å². The Kier molecular flexibility index (Phi) is 6.29. The van der Waals surface area contributed by atoms with Gasteiger partial charge in [-0.1, -0.05) is 11.6 Å². The van der Waals surface area contributed by atoms with Gasteiger partial charge >= 0.3 is 0 Å². The van der Waals surface area contributed by atoms with Crippen molar-refractivity contribution in [1.82, 2.24) is 29.4 Å². The zero-order valence-corrected chi connectivity index (χ0v) is 18.8. The minimum Gasteiger partial charge on any atom is -0.471 e. The molecular formula is C22H27ClN6O2. The Bertz CT molecular complexity index is 1040. The number of piperazine rings is 1. The Morgan fingerprint density at radius 2 is 1.87 bits per heavy atom. The molecule has 1 saturated heterocycles. The molecule has 2 aromatic heterocycles. The van der Waals surface area contributed by atoms with Gasteiger partial charge in [-0.15, -0.1) is 0 Å². The van der Waals surface area contributed by atoms with Crippen LogP contribution in [-0.2, 0) is 20.3 Å². The first-order chi connectivity index (χ1) is 14.9. The fourth-order valence-corrected chi connectivity index (χ4v) is 3.87. The first-order valence-corrected chi connectivity index (χ1v) is 10.7. The van der Waals surface area contributed by atoms with E-state index in [0.29, 0.717) is 18.8 Å². The number of aromatic nitrogens is 4. The number of rotatable bonds is 6. The molecule has 8 nitrogen and oxygen atoms in total. The van der Waals surface area contributed by atoms with Gasteiger partial charge in [0.15, 0.2) is 12.4 Å². The summed E-state index contributed by atoms with van der Waals surface area (Å²) in [7, 11) is 1.92. The van der Waals surface area contributed by atoms with Crippen molar-refractivity contribution >= 4 is 17.5 Å². The highest BCUT2D eigenvalue weighted by Gasteiger charge is 2.24. The predicted molar refractivity (Wildman–Crippen MR) is 118 cm³/mol. The molecular weight excluding hydrogens is 416 g/mol. The summed E-state index contributed by atoms with van der Waals surface area (Å²) in [5.41, 5.74) is 3.56. The molecule has 0 spiro atoms. The number of carbonyl (C=O) groups excluding carboxylic acids is 1. The molecule has 1 aromatic carbocycles. The van der Waals surface area contributed by atoms with Crippen LogP contribution in [0.2, 0.25) is 5.02 Å². The monoisotopic (exact) mass is 442 g/mol. The molecule has 4 rings (SSSR count). The van der Waals surface area contributed by atoms with Gasteiger partial charge in [-0.2, -0.15) is 10.2 Å². The van der Waals surface area contributed by atoms with Gasteiger partial charge in [0.2, 0.25) is 0 Å². The molecule has 3 heterocycles. The Morgan fingerprint density at radius 1 is 1.16 bits per heavy atom. The van der Waals surface area contributed by atoms with Crippen molar-refractivity contribution in [2.75, 3.05) is 26.2 Å². The highest BCUT2D eigenvalue weighted by molar-refractivity contribution is 6.32. The highest BCUT2D eigenvalue weighted by Crippen LogP contribution is 2.26. The number of hydrogen-bond donors (Lipinski definition) is 0. The zero-order chi connectivity index (χ0) is 22.0. The maximum Gasteiger partial charge on any atom is 0.274 e. The molecule has 31 heavy (non-hydrogen) atoms. The quantitative estimate of drug-likeness (QED) is 0.587. The van der Waals surface area contributed by atoms with Crippen LogP contribution >= 0.6 is 11.6 Å². The summed E-state index contributed by atoms with van der Waals surface area (Å²) in [4.78, 5) is 17.0. The lowest BCUT2D eigenvalue weighted by Gasteiger charge is -2.34. The van der Waals surface area contributed by atoms with Crippen LogP contribution in [-0.4, -0.2) is 61.4 Å². The maximum absolute atomic E-state index is 12.8. The standard InChI is InChI=1S/C22H27ClN6O2/c1-16-10-19(11-17(2)21(16)23)31-15-29-5-4-20(25-29)22(30)28-8-6-27(7-9-28)14-18-12-24-26(3)13-18/h4-5,10-13H,6-9,14-15H2,1-3H3. The van der Waals surface area contributed by atoms with E-state index in [1.165, 1.54) is 5.56 Å². The molecule has 0 N–H and O–H groups in total. The van der Waals surface area contributed by atoms with Gasteiger partial charge in [0.05, 0.1) is 6.20 Å². The van der Waals surface area contributed by atoms with Crippen LogP contribution in [0.1, 0.15) is 27.2 Å². The van der Waals surface area contributed by atoms with Crippen LogP contribution in [0.5, 0.6) is 5.75 Å². The van der Waals surface area contributed by atoms with E-state index in [4.69, 9.17) is 16.3 Å². The van der Waals surface area contributed by atoms with Crippen LogP contribution in [0.25, 0.3) is 0 Å². The molecule has 1 aliphatic heterocycles. The molecule has 3 aromatic rings. The fourth-order valence-electron chi connectivity index (χ4n) is 3.76. The van der Waals surface area contributed by atoms with Crippen LogP contribution in [0.3, 0.4) is 0 Å². The number of benzene rings is 1. The summed E-state index contributed by atoms with van der Waals surface area (Å²) in [6.07, 6.45) is 5.68. The van der Waals surface area contributed by atoms with Gasteiger partial charge in [-0.25, -0.2) is 4.68 Å². The van der Waals surface area contributed by atoms with E-state index in [9.17, 15) is 4.79 Å². The molecule has 9 heteroatoms. The molecule has 1 fully saturated rings. The van der Waals surface area contributed by atoms with Gasteiger partial charge in [0.25, 0.3) is 5.91 Å². The van der Waals surface area contributed by atoms with Crippen molar-refractivity contribution in [2.45, 2.75) is 27.1 Å². The predicted octanol–water partition coefficient (Wildman–Crippen LogP) is 2.88. The minimum absolute atomic E-state index is 0.0436. The lowest BCUT2D eigenvalue weighted by molar-refractivity contribution is 0.0621. The summed E-state index contributed by atoms with van der Waals surface area (Å²) in [6.45, 7) is 8.02. The second kappa shape index (κ2) is 9.11. The van der Waals surface area contributed by atoms with Crippen molar-refractivity contribution < 1.29 is 9.53 Å². The Hall–Kier alpha value is -2.84. The van der Waals surface area contributed by atoms with Crippen molar-refractivity contribution in [2.24, 2.45) is 7.05 Å². The molecule has 1 aliphatic rings. The Morgan fingerprint density at radius 3 is 2.52 bits per heavy atom. The van der Waals surface area contributed by atoms with Gasteiger partial charge in [0, 0.05) is 62.8 Å². The normalized spacial score (nSPS) is 14.8. The molecule has 0 unspecified atom stereocenters. The highest BCUT2D eigenvalue weighted by atomic mass is 35.5. The van der Waals surface area contributed by atoms with E-state index in [1.54, 1.807) is 16.9 Å². The molecule has 164 valence electrons. The van der Waals surface area contributed by atoms with Crippen molar-refractivity contribution in [3.63, 3.8) is 0 Å². The first kappa shape index (κ1) is 21.4. The maximum atomic E-state index is 12.8. The van der Waals surface area contributed by atoms with Crippen LogP contribution in [0, 0.1) is 13.8 Å². The lowest BCUT2D eigenvalue weighted by atomic mass is 10.1. The molecule has 1 amide bonds. The van der Waals surface area contributed by atoms with Crippen LogP contribution in [0.4, 0.5) is 0 Å². The number of hydrogen-bond acceptors (Lipinski definition) is 5. The molecule has 0 saturated carbocycles. The third kappa shape index (κ3) is 5.08. The SMILES string of the molecule is Cc1cc(OCn2ccc(C(=O)N3CCN(Cc4cnn(C)c4)CC3)n2)cc(C)c1Cl. The van der Waals surface area contributed by atoms with Gasteiger partial charge < -0.3 is 9.64 Å². The number of nitrogens with zero attached hydrogens (tertiary/aromatic N) is 6. The summed E-state index contributed by atoms with van der Waals surface area (Å²) >= 11 is 6.21. The van der Waals surface area contributed by atoms with E-state index in [0.717, 1.165) is 41.5 Å². The topological polar surface area (TPSA) is 68.4 Å². The lowest BCUT2D eigenvalue weighted by Crippen LogP contribution is -2.48. The average Bonchev–Trinajstić information content (AvgIpc) is 3.39. The van der Waals surface area contributed by atoms with Crippen molar-refractivity contribution in [3.8, 4) is 5.75 Å². The number of aryl methyl sites for hydroxylation is 3. The molecule has 0 bridgehead atoms. The van der Waals surface area contributed by atoms with Crippen LogP contribution < -0.4 is 4.74 Å². The Labute approximate surface area is 187 Å². The number of amides is 1. The first-order valence-electron chi connectivity index (χ1n) is 10.3. The minimum atomic E-state index is -0.0436. The summed E-state index contributed by atoms with van der Waals surface area (Å²) in [6, 6.07) is 5.54. The third-order valence-corrected chi connectivity index (χ3v) is 6.05. The van der Waals surface area contributed by atoms with E-state index in [1.807, 2.05) is 55.0 Å². The summed E-state index contributed by atoms with van der Waals surface area (Å²) in [5.74, 6) is 0.686.